The molecule has 0 bridgehead atoms. The number of hydrogen-bond acceptors (Lipinski definition) is 1. The van der Waals surface area contributed by atoms with Gasteiger partial charge in [0.25, 0.3) is 0 Å². The second-order valence-electron chi connectivity index (χ2n) is 3.65. The average Bonchev–Trinajstić information content (AvgIpc) is 2.22. The summed E-state index contributed by atoms with van der Waals surface area (Å²) in [5.74, 6) is -0.890. The normalized spacial score (nSPS) is 26.6. The van der Waals surface area contributed by atoms with Crippen molar-refractivity contribution in [1.82, 2.24) is 0 Å². The molecule has 0 spiro atoms. The van der Waals surface area contributed by atoms with Gasteiger partial charge in [0.05, 0.1) is 6.10 Å². The first kappa shape index (κ1) is 10.8. The van der Waals surface area contributed by atoms with Crippen molar-refractivity contribution in [1.29, 1.82) is 0 Å². The number of ether oxygens (including phenoxy) is 1. The number of halogens is 3. The first-order valence-corrected chi connectivity index (χ1v) is 5.31. The Morgan fingerprint density at radius 2 is 2.13 bits per heavy atom. The quantitative estimate of drug-likeness (QED) is 0.674. The molecule has 1 aliphatic heterocycles. The summed E-state index contributed by atoms with van der Waals surface area (Å²) in [7, 11) is 0. The maximum atomic E-state index is 13.4. The Hall–Kier alpha value is -0.670. The van der Waals surface area contributed by atoms with Gasteiger partial charge in [-0.25, -0.2) is 8.78 Å². The van der Waals surface area contributed by atoms with Gasteiger partial charge in [-0.2, -0.15) is 0 Å². The van der Waals surface area contributed by atoms with Crippen LogP contribution in [0.3, 0.4) is 0 Å². The first-order valence-electron chi connectivity index (χ1n) is 4.87. The second-order valence-corrected chi connectivity index (χ2v) is 4.26. The zero-order chi connectivity index (χ0) is 10.8. The zero-order valence-electron chi connectivity index (χ0n) is 8.05. The summed E-state index contributed by atoms with van der Waals surface area (Å²) in [6, 6.07) is 3.39. The van der Waals surface area contributed by atoms with Gasteiger partial charge in [0.2, 0.25) is 0 Å². The standard InChI is InChI=1S/C11H11ClF2O/c12-7-3-4-15-11(5-7)9-6-8(13)1-2-10(9)14/h1-2,6-7,11H,3-5H2. The Morgan fingerprint density at radius 3 is 2.87 bits per heavy atom. The molecule has 0 aromatic heterocycles. The van der Waals surface area contributed by atoms with Gasteiger partial charge in [-0.05, 0) is 31.0 Å². The minimum Gasteiger partial charge on any atom is -0.373 e. The molecule has 0 saturated carbocycles. The molecular weight excluding hydrogens is 222 g/mol. The molecule has 1 nitrogen and oxygen atoms in total. The molecule has 4 heteroatoms. The molecule has 1 aromatic carbocycles. The van der Waals surface area contributed by atoms with Gasteiger partial charge in [0.15, 0.2) is 0 Å². The average molecular weight is 233 g/mol. The third-order valence-corrected chi connectivity index (χ3v) is 2.92. The molecule has 1 saturated heterocycles. The van der Waals surface area contributed by atoms with E-state index in [0.29, 0.717) is 13.0 Å². The van der Waals surface area contributed by atoms with Crippen molar-refractivity contribution in [2.24, 2.45) is 0 Å². The van der Waals surface area contributed by atoms with Gasteiger partial charge in [0, 0.05) is 17.5 Å². The molecule has 1 aliphatic rings. The van der Waals surface area contributed by atoms with Crippen molar-refractivity contribution in [2.45, 2.75) is 24.3 Å². The summed E-state index contributed by atoms with van der Waals surface area (Å²) < 4.78 is 31.7. The van der Waals surface area contributed by atoms with Gasteiger partial charge in [0.1, 0.15) is 11.6 Å². The number of hydrogen-bond donors (Lipinski definition) is 0. The Bertz CT molecular complexity index is 356. The molecule has 0 amide bonds. The van der Waals surface area contributed by atoms with Gasteiger partial charge < -0.3 is 4.74 Å². The maximum absolute atomic E-state index is 13.4. The van der Waals surface area contributed by atoms with Crippen LogP contribution >= 0.6 is 11.6 Å². The predicted molar refractivity (Wildman–Crippen MR) is 53.9 cm³/mol. The molecular formula is C11H11ClF2O. The lowest BCUT2D eigenvalue weighted by Crippen LogP contribution is -2.20. The molecule has 1 fully saturated rings. The molecule has 2 unspecified atom stereocenters. The van der Waals surface area contributed by atoms with Crippen LogP contribution in [0.5, 0.6) is 0 Å². The van der Waals surface area contributed by atoms with Crippen LogP contribution in [0.2, 0.25) is 0 Å². The van der Waals surface area contributed by atoms with E-state index in [0.717, 1.165) is 18.6 Å². The molecule has 1 heterocycles. The molecule has 0 aliphatic carbocycles. The summed E-state index contributed by atoms with van der Waals surface area (Å²) in [6.07, 6.45) is 0.869. The highest BCUT2D eigenvalue weighted by atomic mass is 35.5. The topological polar surface area (TPSA) is 9.23 Å². The van der Waals surface area contributed by atoms with Crippen molar-refractivity contribution < 1.29 is 13.5 Å². The SMILES string of the molecule is Fc1ccc(F)c(C2CC(Cl)CCO2)c1. The Balaban J connectivity index is 2.24. The molecule has 0 radical (unpaired) electrons. The molecule has 15 heavy (non-hydrogen) atoms. The first-order chi connectivity index (χ1) is 7.16. The summed E-state index contributed by atoms with van der Waals surface area (Å²) in [4.78, 5) is 0. The van der Waals surface area contributed by atoms with E-state index in [1.54, 1.807) is 0 Å². The van der Waals surface area contributed by atoms with Crippen molar-refractivity contribution in [3.05, 3.63) is 35.4 Å². The highest BCUT2D eigenvalue weighted by molar-refractivity contribution is 6.20. The molecule has 2 atom stereocenters. The minimum atomic E-state index is -0.452. The van der Waals surface area contributed by atoms with E-state index in [1.165, 1.54) is 6.07 Å². The highest BCUT2D eigenvalue weighted by Gasteiger charge is 2.24. The lowest BCUT2D eigenvalue weighted by molar-refractivity contribution is 0.0146. The molecule has 0 N–H and O–H groups in total. The minimum absolute atomic E-state index is 0.0218. The maximum Gasteiger partial charge on any atom is 0.129 e. The summed E-state index contributed by atoms with van der Waals surface area (Å²) >= 11 is 5.96. The van der Waals surface area contributed by atoms with Gasteiger partial charge >= 0.3 is 0 Å². The molecule has 82 valence electrons. The van der Waals surface area contributed by atoms with Crippen molar-refractivity contribution >= 4 is 11.6 Å². The van der Waals surface area contributed by atoms with E-state index in [2.05, 4.69) is 0 Å². The summed E-state index contributed by atoms with van der Waals surface area (Å²) in [5, 5.41) is -0.0218. The van der Waals surface area contributed by atoms with E-state index < -0.39 is 17.7 Å². The van der Waals surface area contributed by atoms with Crippen molar-refractivity contribution in [2.75, 3.05) is 6.61 Å². The largest absolute Gasteiger partial charge is 0.373 e. The van der Waals surface area contributed by atoms with Crippen LogP contribution in [0, 0.1) is 11.6 Å². The van der Waals surface area contributed by atoms with Crippen molar-refractivity contribution in [3.8, 4) is 0 Å². The molecule has 2 rings (SSSR count). The number of benzene rings is 1. The van der Waals surface area contributed by atoms with Crippen molar-refractivity contribution in [3.63, 3.8) is 0 Å². The van der Waals surface area contributed by atoms with E-state index in [4.69, 9.17) is 16.3 Å². The van der Waals surface area contributed by atoms with Crippen LogP contribution in [-0.4, -0.2) is 12.0 Å². The smallest absolute Gasteiger partial charge is 0.129 e. The van der Waals surface area contributed by atoms with Crippen LogP contribution in [0.25, 0.3) is 0 Å². The summed E-state index contributed by atoms with van der Waals surface area (Å²) in [5.41, 5.74) is 0.264. The van der Waals surface area contributed by atoms with Gasteiger partial charge in [-0.3, -0.25) is 0 Å². The zero-order valence-corrected chi connectivity index (χ0v) is 8.81. The highest BCUT2D eigenvalue weighted by Crippen LogP contribution is 2.32. The summed E-state index contributed by atoms with van der Waals surface area (Å²) in [6.45, 7) is 0.495. The number of alkyl halides is 1. The predicted octanol–water partition coefficient (Wildman–Crippen LogP) is 3.42. The fraction of sp³-hybridized carbons (Fsp3) is 0.455. The fourth-order valence-corrected chi connectivity index (χ4v) is 1.99. The van der Waals surface area contributed by atoms with E-state index in [1.807, 2.05) is 0 Å². The van der Waals surface area contributed by atoms with Crippen LogP contribution in [0.4, 0.5) is 8.78 Å². The second kappa shape index (κ2) is 4.45. The van der Waals surface area contributed by atoms with E-state index in [-0.39, 0.29) is 10.9 Å². The Morgan fingerprint density at radius 1 is 1.33 bits per heavy atom. The van der Waals surface area contributed by atoms with Gasteiger partial charge in [-0.15, -0.1) is 11.6 Å². The lowest BCUT2D eigenvalue weighted by Gasteiger charge is -2.26. The fourth-order valence-electron chi connectivity index (χ4n) is 1.73. The van der Waals surface area contributed by atoms with Crippen LogP contribution < -0.4 is 0 Å². The monoisotopic (exact) mass is 232 g/mol. The van der Waals surface area contributed by atoms with Crippen LogP contribution in [0.15, 0.2) is 18.2 Å². The van der Waals surface area contributed by atoms with E-state index in [9.17, 15) is 8.78 Å². The Labute approximate surface area is 92.0 Å². The number of rotatable bonds is 1. The lowest BCUT2D eigenvalue weighted by atomic mass is 10.0. The van der Waals surface area contributed by atoms with Crippen LogP contribution in [-0.2, 0) is 4.74 Å². The third kappa shape index (κ3) is 2.47. The van der Waals surface area contributed by atoms with Crippen LogP contribution in [0.1, 0.15) is 24.5 Å². The van der Waals surface area contributed by atoms with E-state index >= 15 is 0 Å². The Kier molecular flexibility index (Phi) is 3.22. The third-order valence-electron chi connectivity index (χ3n) is 2.52. The molecule has 1 aromatic rings. The van der Waals surface area contributed by atoms with Gasteiger partial charge in [-0.1, -0.05) is 0 Å².